The van der Waals surface area contributed by atoms with Gasteiger partial charge in [0.1, 0.15) is 11.5 Å². The molecule has 2 amide bonds. The van der Waals surface area contributed by atoms with Gasteiger partial charge in [-0.2, -0.15) is 0 Å². The molecule has 0 fully saturated rings. The van der Waals surface area contributed by atoms with Crippen LogP contribution in [0.5, 0.6) is 11.5 Å². The van der Waals surface area contributed by atoms with Crippen LogP contribution in [0.15, 0.2) is 78.9 Å². The molecule has 28 heavy (non-hydrogen) atoms. The van der Waals surface area contributed by atoms with Gasteiger partial charge in [-0.05, 0) is 54.6 Å². The van der Waals surface area contributed by atoms with E-state index in [1.54, 1.807) is 67.8 Å². The third-order valence-electron chi connectivity index (χ3n) is 3.87. The molecule has 3 rings (SSSR count). The van der Waals surface area contributed by atoms with E-state index in [0.29, 0.717) is 28.4 Å². The maximum Gasteiger partial charge on any atom is 0.262 e. The van der Waals surface area contributed by atoms with Crippen molar-refractivity contribution in [1.82, 2.24) is 0 Å². The van der Waals surface area contributed by atoms with Crippen LogP contribution in [-0.2, 0) is 4.79 Å². The van der Waals surface area contributed by atoms with Gasteiger partial charge in [-0.1, -0.05) is 24.3 Å². The molecular formula is C22H20N2O4. The van der Waals surface area contributed by atoms with Crippen LogP contribution in [-0.4, -0.2) is 25.5 Å². The minimum Gasteiger partial charge on any atom is -0.497 e. The monoisotopic (exact) mass is 376 g/mol. The third kappa shape index (κ3) is 5.35. The standard InChI is InChI=1S/C22H20N2O4/c1-27-19-10-12-20(13-11-19)28-15-21(25)23-18-9-5-6-16(14-18)22(26)24-17-7-3-2-4-8-17/h2-14H,15H2,1H3,(H,23,25)(H,24,26). The van der Waals surface area contributed by atoms with Crippen LogP contribution in [0.4, 0.5) is 11.4 Å². The summed E-state index contributed by atoms with van der Waals surface area (Å²) in [5.74, 6) is 0.697. The first-order chi connectivity index (χ1) is 13.6. The minimum atomic E-state index is -0.323. The molecule has 0 bridgehead atoms. The van der Waals surface area contributed by atoms with Crippen LogP contribution in [0.2, 0.25) is 0 Å². The summed E-state index contributed by atoms with van der Waals surface area (Å²) in [6.45, 7) is -0.146. The van der Waals surface area contributed by atoms with Crippen LogP contribution in [0.25, 0.3) is 0 Å². The van der Waals surface area contributed by atoms with Gasteiger partial charge in [0, 0.05) is 16.9 Å². The molecule has 6 heteroatoms. The van der Waals surface area contributed by atoms with Gasteiger partial charge in [-0.15, -0.1) is 0 Å². The summed E-state index contributed by atoms with van der Waals surface area (Å²) in [5, 5.41) is 5.53. The summed E-state index contributed by atoms with van der Waals surface area (Å²) in [4.78, 5) is 24.5. The summed E-state index contributed by atoms with van der Waals surface area (Å²) in [6.07, 6.45) is 0. The fourth-order valence-corrected chi connectivity index (χ4v) is 2.48. The number of anilines is 2. The molecule has 0 radical (unpaired) electrons. The second-order valence-corrected chi connectivity index (χ2v) is 5.91. The Kier molecular flexibility index (Phi) is 6.25. The molecule has 2 N–H and O–H groups in total. The first kappa shape index (κ1) is 19.0. The van der Waals surface area contributed by atoms with Gasteiger partial charge in [0.2, 0.25) is 0 Å². The number of nitrogens with one attached hydrogen (secondary N) is 2. The van der Waals surface area contributed by atoms with Crippen molar-refractivity contribution in [1.29, 1.82) is 0 Å². The van der Waals surface area contributed by atoms with Crippen LogP contribution in [0, 0.1) is 0 Å². The number of ether oxygens (including phenoxy) is 2. The van der Waals surface area contributed by atoms with E-state index in [1.807, 2.05) is 18.2 Å². The number of para-hydroxylation sites is 1. The van der Waals surface area contributed by atoms with E-state index in [1.165, 1.54) is 0 Å². The van der Waals surface area contributed by atoms with E-state index in [0.717, 1.165) is 0 Å². The van der Waals surface area contributed by atoms with Crippen LogP contribution >= 0.6 is 0 Å². The van der Waals surface area contributed by atoms with Crippen molar-refractivity contribution < 1.29 is 19.1 Å². The van der Waals surface area contributed by atoms with Crippen molar-refractivity contribution in [2.75, 3.05) is 24.4 Å². The Balaban J connectivity index is 1.55. The molecule has 6 nitrogen and oxygen atoms in total. The lowest BCUT2D eigenvalue weighted by Gasteiger charge is -2.10. The van der Waals surface area contributed by atoms with E-state index in [2.05, 4.69) is 10.6 Å². The van der Waals surface area contributed by atoms with Crippen molar-refractivity contribution in [3.63, 3.8) is 0 Å². The van der Waals surface area contributed by atoms with E-state index in [9.17, 15) is 9.59 Å². The molecule has 0 atom stereocenters. The number of carbonyl (C=O) groups excluding carboxylic acids is 2. The van der Waals surface area contributed by atoms with Crippen LogP contribution in [0.1, 0.15) is 10.4 Å². The normalized spacial score (nSPS) is 10.0. The molecule has 0 aromatic heterocycles. The van der Waals surface area contributed by atoms with Gasteiger partial charge < -0.3 is 20.1 Å². The molecule has 0 saturated carbocycles. The Labute approximate surface area is 163 Å². The van der Waals surface area contributed by atoms with E-state index < -0.39 is 0 Å². The Morgan fingerprint density at radius 1 is 0.786 bits per heavy atom. The lowest BCUT2D eigenvalue weighted by molar-refractivity contribution is -0.118. The highest BCUT2D eigenvalue weighted by Crippen LogP contribution is 2.17. The number of carbonyl (C=O) groups is 2. The zero-order valence-corrected chi connectivity index (χ0v) is 15.3. The molecule has 0 aliphatic heterocycles. The first-order valence-corrected chi connectivity index (χ1v) is 8.67. The highest BCUT2D eigenvalue weighted by atomic mass is 16.5. The average Bonchev–Trinajstić information content (AvgIpc) is 2.73. The van der Waals surface area contributed by atoms with Crippen LogP contribution < -0.4 is 20.1 Å². The van der Waals surface area contributed by atoms with Crippen molar-refractivity contribution in [3.05, 3.63) is 84.4 Å². The number of hydrogen-bond donors (Lipinski definition) is 2. The highest BCUT2D eigenvalue weighted by molar-refractivity contribution is 6.05. The smallest absolute Gasteiger partial charge is 0.262 e. The van der Waals surface area contributed by atoms with Crippen LogP contribution in [0.3, 0.4) is 0 Å². The molecule has 3 aromatic rings. The highest BCUT2D eigenvalue weighted by Gasteiger charge is 2.09. The van der Waals surface area contributed by atoms with Gasteiger partial charge in [0.05, 0.1) is 7.11 Å². The van der Waals surface area contributed by atoms with Gasteiger partial charge in [0.25, 0.3) is 11.8 Å². The predicted octanol–water partition coefficient (Wildman–Crippen LogP) is 3.97. The van der Waals surface area contributed by atoms with Crippen molar-refractivity contribution in [2.45, 2.75) is 0 Å². The number of methoxy groups -OCH3 is 1. The average molecular weight is 376 g/mol. The Bertz CT molecular complexity index is 940. The van der Waals surface area contributed by atoms with Gasteiger partial charge in [0.15, 0.2) is 6.61 Å². The Hall–Kier alpha value is -3.80. The fourth-order valence-electron chi connectivity index (χ4n) is 2.48. The van der Waals surface area contributed by atoms with Gasteiger partial charge >= 0.3 is 0 Å². The molecule has 0 saturated heterocycles. The summed E-state index contributed by atoms with van der Waals surface area (Å²) < 4.78 is 10.5. The van der Waals surface area contributed by atoms with Crippen molar-refractivity contribution in [2.24, 2.45) is 0 Å². The van der Waals surface area contributed by atoms with Gasteiger partial charge in [-0.3, -0.25) is 9.59 Å². The summed E-state index contributed by atoms with van der Waals surface area (Å²) >= 11 is 0. The first-order valence-electron chi connectivity index (χ1n) is 8.67. The second-order valence-electron chi connectivity index (χ2n) is 5.91. The zero-order valence-electron chi connectivity index (χ0n) is 15.3. The van der Waals surface area contributed by atoms with Crippen molar-refractivity contribution >= 4 is 23.2 Å². The number of hydrogen-bond acceptors (Lipinski definition) is 4. The molecule has 0 spiro atoms. The molecule has 142 valence electrons. The molecule has 3 aromatic carbocycles. The molecule has 0 aliphatic rings. The predicted molar refractivity (Wildman–Crippen MR) is 108 cm³/mol. The maximum absolute atomic E-state index is 12.4. The SMILES string of the molecule is COc1ccc(OCC(=O)Nc2cccc(C(=O)Nc3ccccc3)c2)cc1. The number of benzene rings is 3. The molecule has 0 aliphatic carbocycles. The summed E-state index contributed by atoms with van der Waals surface area (Å²) in [5.41, 5.74) is 1.66. The molecular weight excluding hydrogens is 356 g/mol. The summed E-state index contributed by atoms with van der Waals surface area (Å²) in [6, 6.07) is 22.8. The lowest BCUT2D eigenvalue weighted by atomic mass is 10.2. The largest absolute Gasteiger partial charge is 0.497 e. The van der Waals surface area contributed by atoms with E-state index >= 15 is 0 Å². The fraction of sp³-hybridized carbons (Fsp3) is 0.0909. The topological polar surface area (TPSA) is 76.7 Å². The zero-order chi connectivity index (χ0) is 19.8. The van der Waals surface area contributed by atoms with E-state index in [4.69, 9.17) is 9.47 Å². The molecule has 0 unspecified atom stereocenters. The second kappa shape index (κ2) is 9.23. The summed E-state index contributed by atoms with van der Waals surface area (Å²) in [7, 11) is 1.58. The lowest BCUT2D eigenvalue weighted by Crippen LogP contribution is -2.20. The Morgan fingerprint density at radius 3 is 2.18 bits per heavy atom. The third-order valence-corrected chi connectivity index (χ3v) is 3.87. The quantitative estimate of drug-likeness (QED) is 0.654. The number of rotatable bonds is 7. The molecule has 0 heterocycles. The van der Waals surface area contributed by atoms with Crippen molar-refractivity contribution in [3.8, 4) is 11.5 Å². The maximum atomic E-state index is 12.4. The number of amides is 2. The van der Waals surface area contributed by atoms with Gasteiger partial charge in [-0.25, -0.2) is 0 Å². The Morgan fingerprint density at radius 2 is 1.46 bits per heavy atom. The van der Waals surface area contributed by atoms with E-state index in [-0.39, 0.29) is 18.4 Å². The minimum absolute atomic E-state index is 0.146.